The average Bonchev–Trinajstić information content (AvgIpc) is 2.78. The average molecular weight is 363 g/mol. The second-order valence-electron chi connectivity index (χ2n) is 6.96. The first-order valence-electron chi connectivity index (χ1n) is 9.52. The van der Waals surface area contributed by atoms with Crippen LogP contribution < -0.4 is 0 Å². The van der Waals surface area contributed by atoms with Crippen molar-refractivity contribution >= 4 is 12.0 Å². The Morgan fingerprint density at radius 2 is 1.85 bits per heavy atom. The lowest BCUT2D eigenvalue weighted by Crippen LogP contribution is -2.33. The minimum atomic E-state index is -0.249. The van der Waals surface area contributed by atoms with E-state index in [0.29, 0.717) is 19.7 Å². The van der Waals surface area contributed by atoms with E-state index in [1.165, 1.54) is 0 Å². The summed E-state index contributed by atoms with van der Waals surface area (Å²) in [7, 11) is 0. The number of hydrogen-bond donors (Lipinski definition) is 0. The zero-order valence-corrected chi connectivity index (χ0v) is 15.8. The molecule has 26 heavy (non-hydrogen) atoms. The Balaban J connectivity index is 1.62. The predicted octanol–water partition coefficient (Wildman–Crippen LogP) is 1.30. The van der Waals surface area contributed by atoms with E-state index in [9.17, 15) is 9.59 Å². The van der Waals surface area contributed by atoms with Crippen LogP contribution in [0.1, 0.15) is 38.1 Å². The van der Waals surface area contributed by atoms with Crippen LogP contribution in [-0.2, 0) is 29.2 Å². The third-order valence-corrected chi connectivity index (χ3v) is 5.01. The summed E-state index contributed by atoms with van der Waals surface area (Å²) in [6.45, 7) is 10.2. The molecule has 144 valence electrons. The topological polar surface area (TPSA) is 70.9 Å². The number of rotatable bonds is 3. The molecular weight excluding hydrogens is 334 g/mol. The molecule has 0 N–H and O–H groups in total. The zero-order chi connectivity index (χ0) is 18.5. The number of hydrogen-bond acceptors (Lipinski definition) is 5. The van der Waals surface area contributed by atoms with Crippen molar-refractivity contribution in [2.24, 2.45) is 0 Å². The fourth-order valence-electron chi connectivity index (χ4n) is 3.64. The Kier molecular flexibility index (Phi) is 6.13. The van der Waals surface area contributed by atoms with E-state index in [1.54, 1.807) is 11.8 Å². The number of carbonyl (C=O) groups is 2. The lowest BCUT2D eigenvalue weighted by atomic mass is 10.3. The first-order valence-corrected chi connectivity index (χ1v) is 9.52. The molecule has 8 heteroatoms. The molecule has 3 rings (SSSR count). The van der Waals surface area contributed by atoms with Gasteiger partial charge in [-0.25, -0.2) is 4.79 Å². The standard InChI is InChI=1S/C18H29N5O3/c1-3-26-18(25)22-8-5-9-23-17(14-22)12-16(19-23)13-20-6-4-7-21(11-10-20)15(2)24/h12H,3-11,13-14H2,1-2H3. The highest BCUT2D eigenvalue weighted by Gasteiger charge is 2.23. The van der Waals surface area contributed by atoms with E-state index >= 15 is 0 Å². The third-order valence-electron chi connectivity index (χ3n) is 5.01. The molecule has 1 aromatic heterocycles. The first-order chi connectivity index (χ1) is 12.6. The molecule has 0 aliphatic carbocycles. The minimum Gasteiger partial charge on any atom is -0.450 e. The van der Waals surface area contributed by atoms with Crippen LogP contribution in [0.25, 0.3) is 0 Å². The Hall–Kier alpha value is -2.09. The number of amides is 2. The second-order valence-corrected chi connectivity index (χ2v) is 6.96. The van der Waals surface area contributed by atoms with Crippen molar-refractivity contribution in [3.63, 3.8) is 0 Å². The van der Waals surface area contributed by atoms with E-state index < -0.39 is 0 Å². The van der Waals surface area contributed by atoms with Gasteiger partial charge in [-0.2, -0.15) is 5.10 Å². The van der Waals surface area contributed by atoms with Gasteiger partial charge in [0.15, 0.2) is 0 Å². The van der Waals surface area contributed by atoms with Crippen molar-refractivity contribution < 1.29 is 14.3 Å². The lowest BCUT2D eigenvalue weighted by molar-refractivity contribution is -0.128. The third kappa shape index (κ3) is 4.55. The molecule has 0 atom stereocenters. The van der Waals surface area contributed by atoms with Crippen LogP contribution in [0.5, 0.6) is 0 Å². The molecule has 2 aliphatic heterocycles. The predicted molar refractivity (Wildman–Crippen MR) is 96.4 cm³/mol. The van der Waals surface area contributed by atoms with Gasteiger partial charge in [-0.05, 0) is 25.8 Å². The Morgan fingerprint density at radius 3 is 2.62 bits per heavy atom. The highest BCUT2D eigenvalue weighted by Crippen LogP contribution is 2.16. The summed E-state index contributed by atoms with van der Waals surface area (Å²) in [6, 6.07) is 2.10. The highest BCUT2D eigenvalue weighted by molar-refractivity contribution is 5.73. The summed E-state index contributed by atoms with van der Waals surface area (Å²) in [5.74, 6) is 0.152. The van der Waals surface area contributed by atoms with Crippen molar-refractivity contribution in [3.8, 4) is 0 Å². The van der Waals surface area contributed by atoms with E-state index in [1.807, 2.05) is 16.5 Å². The maximum Gasteiger partial charge on any atom is 0.410 e. The van der Waals surface area contributed by atoms with Crippen molar-refractivity contribution in [2.75, 3.05) is 39.3 Å². The molecule has 0 radical (unpaired) electrons. The van der Waals surface area contributed by atoms with Crippen molar-refractivity contribution in [3.05, 3.63) is 17.5 Å². The molecule has 2 aliphatic rings. The molecule has 0 bridgehead atoms. The van der Waals surface area contributed by atoms with Crippen LogP contribution in [0.2, 0.25) is 0 Å². The highest BCUT2D eigenvalue weighted by atomic mass is 16.6. The molecule has 0 saturated carbocycles. The Labute approximate surface area is 154 Å². The van der Waals surface area contributed by atoms with Gasteiger partial charge in [-0.3, -0.25) is 14.4 Å². The number of fused-ring (bicyclic) bond motifs is 1. The van der Waals surface area contributed by atoms with Crippen LogP contribution in [0.4, 0.5) is 4.79 Å². The fraction of sp³-hybridized carbons (Fsp3) is 0.722. The van der Waals surface area contributed by atoms with E-state index in [0.717, 1.165) is 63.5 Å². The van der Waals surface area contributed by atoms with Crippen LogP contribution >= 0.6 is 0 Å². The van der Waals surface area contributed by atoms with Gasteiger partial charge in [-0.1, -0.05) is 0 Å². The molecule has 8 nitrogen and oxygen atoms in total. The van der Waals surface area contributed by atoms with Crippen molar-refractivity contribution in [1.82, 2.24) is 24.5 Å². The lowest BCUT2D eigenvalue weighted by Gasteiger charge is -2.20. The smallest absolute Gasteiger partial charge is 0.410 e. The molecule has 3 heterocycles. The summed E-state index contributed by atoms with van der Waals surface area (Å²) in [6.07, 6.45) is 1.62. The van der Waals surface area contributed by atoms with Crippen LogP contribution in [0.15, 0.2) is 6.07 Å². The normalized spacial score (nSPS) is 18.8. The van der Waals surface area contributed by atoms with E-state index in [-0.39, 0.29) is 12.0 Å². The number of aromatic nitrogens is 2. The molecule has 0 spiro atoms. The van der Waals surface area contributed by atoms with Gasteiger partial charge < -0.3 is 14.5 Å². The minimum absolute atomic E-state index is 0.152. The summed E-state index contributed by atoms with van der Waals surface area (Å²) < 4.78 is 7.16. The largest absolute Gasteiger partial charge is 0.450 e. The molecular formula is C18H29N5O3. The quantitative estimate of drug-likeness (QED) is 0.810. The number of ether oxygens (including phenoxy) is 1. The molecule has 1 saturated heterocycles. The molecule has 2 amide bonds. The van der Waals surface area contributed by atoms with Crippen LogP contribution in [0, 0.1) is 0 Å². The monoisotopic (exact) mass is 363 g/mol. The Morgan fingerprint density at radius 1 is 1.08 bits per heavy atom. The zero-order valence-electron chi connectivity index (χ0n) is 15.8. The number of carbonyl (C=O) groups excluding carboxylic acids is 2. The van der Waals surface area contributed by atoms with Gasteiger partial charge in [0.1, 0.15) is 0 Å². The van der Waals surface area contributed by atoms with Crippen LogP contribution in [-0.4, -0.2) is 75.8 Å². The van der Waals surface area contributed by atoms with Gasteiger partial charge in [0.25, 0.3) is 0 Å². The van der Waals surface area contributed by atoms with Gasteiger partial charge in [0, 0.05) is 52.7 Å². The summed E-state index contributed by atoms with van der Waals surface area (Å²) >= 11 is 0. The summed E-state index contributed by atoms with van der Waals surface area (Å²) in [5.41, 5.74) is 2.09. The molecule has 0 aromatic carbocycles. The summed E-state index contributed by atoms with van der Waals surface area (Å²) in [4.78, 5) is 29.6. The fourth-order valence-corrected chi connectivity index (χ4v) is 3.64. The molecule has 0 unspecified atom stereocenters. The Bertz CT molecular complexity index is 645. The molecule has 1 fully saturated rings. The maximum absolute atomic E-state index is 12.0. The first kappa shape index (κ1) is 18.7. The van der Waals surface area contributed by atoms with Gasteiger partial charge in [0.2, 0.25) is 5.91 Å². The second kappa shape index (κ2) is 8.53. The van der Waals surface area contributed by atoms with Crippen LogP contribution in [0.3, 0.4) is 0 Å². The van der Waals surface area contributed by atoms with Gasteiger partial charge in [-0.15, -0.1) is 0 Å². The van der Waals surface area contributed by atoms with Gasteiger partial charge in [0.05, 0.1) is 24.5 Å². The maximum atomic E-state index is 12.0. The van der Waals surface area contributed by atoms with Gasteiger partial charge >= 0.3 is 6.09 Å². The van der Waals surface area contributed by atoms with E-state index in [4.69, 9.17) is 9.84 Å². The van der Waals surface area contributed by atoms with Crippen molar-refractivity contribution in [1.29, 1.82) is 0 Å². The van der Waals surface area contributed by atoms with E-state index in [2.05, 4.69) is 11.0 Å². The number of nitrogens with zero attached hydrogens (tertiary/aromatic N) is 5. The number of aryl methyl sites for hydroxylation is 1. The molecule has 1 aromatic rings. The summed E-state index contributed by atoms with van der Waals surface area (Å²) in [5, 5.41) is 4.75. The van der Waals surface area contributed by atoms with Crippen molar-refractivity contribution in [2.45, 2.75) is 46.3 Å². The SMILES string of the molecule is CCOC(=O)N1CCCn2nc(CN3CCCN(C(C)=O)CC3)cc2C1.